The van der Waals surface area contributed by atoms with Crippen molar-refractivity contribution in [3.8, 4) is 5.69 Å². The number of nitrogens with zero attached hydrogens (tertiary/aromatic N) is 5. The molecule has 0 spiro atoms. The summed E-state index contributed by atoms with van der Waals surface area (Å²) in [5, 5.41) is 17.1. The molecule has 1 aromatic carbocycles. The fraction of sp³-hybridized carbons (Fsp3) is 0.227. The van der Waals surface area contributed by atoms with Crippen LogP contribution in [-0.4, -0.2) is 35.4 Å². The van der Waals surface area contributed by atoms with Gasteiger partial charge < -0.3 is 0 Å². The van der Waals surface area contributed by atoms with Crippen LogP contribution in [0.5, 0.6) is 0 Å². The number of thiazole rings is 1. The fourth-order valence-electron chi connectivity index (χ4n) is 3.97. The number of nitrogens with one attached hydrogen (secondary N) is 2. The molecular formula is C22H21N7OS2. The summed E-state index contributed by atoms with van der Waals surface area (Å²) in [7, 11) is 0. The van der Waals surface area contributed by atoms with Gasteiger partial charge in [-0.3, -0.25) is 19.8 Å². The first kappa shape index (κ1) is 20.5. The molecule has 10 heteroatoms. The molecule has 0 atom stereocenters. The molecule has 0 bridgehead atoms. The first-order chi connectivity index (χ1) is 15.6. The van der Waals surface area contributed by atoms with Crippen molar-refractivity contribution in [3.05, 3.63) is 81.6 Å². The normalized spacial score (nSPS) is 12.6. The van der Waals surface area contributed by atoms with Crippen LogP contribution < -0.4 is 5.32 Å². The van der Waals surface area contributed by atoms with Crippen LogP contribution in [0.3, 0.4) is 0 Å². The SMILES string of the molecule is C=CCn1c(Cc2csc(NC(=O)c3nn(-c4ccccc4)c4c3CCC4)n2)n[nH]c1=S. The molecule has 1 aliphatic rings. The van der Waals surface area contributed by atoms with Gasteiger partial charge in [0.05, 0.1) is 17.8 Å². The van der Waals surface area contributed by atoms with E-state index in [0.29, 0.717) is 28.6 Å². The Kier molecular flexibility index (Phi) is 5.54. The molecule has 3 aromatic heterocycles. The predicted molar refractivity (Wildman–Crippen MR) is 126 cm³/mol. The Morgan fingerprint density at radius 3 is 2.97 bits per heavy atom. The highest BCUT2D eigenvalue weighted by molar-refractivity contribution is 7.71. The van der Waals surface area contributed by atoms with Crippen LogP contribution in [-0.2, 0) is 25.8 Å². The molecule has 162 valence electrons. The van der Waals surface area contributed by atoms with Gasteiger partial charge in [-0.25, -0.2) is 9.67 Å². The van der Waals surface area contributed by atoms with E-state index in [4.69, 9.17) is 12.2 Å². The molecule has 0 saturated carbocycles. The lowest BCUT2D eigenvalue weighted by molar-refractivity contribution is 0.102. The van der Waals surface area contributed by atoms with Crippen LogP contribution in [0.4, 0.5) is 5.13 Å². The molecule has 0 unspecified atom stereocenters. The van der Waals surface area contributed by atoms with Crippen LogP contribution in [0.25, 0.3) is 5.69 Å². The van der Waals surface area contributed by atoms with Crippen molar-refractivity contribution in [2.75, 3.05) is 5.32 Å². The zero-order chi connectivity index (χ0) is 22.1. The van der Waals surface area contributed by atoms with Gasteiger partial charge in [-0.2, -0.15) is 10.2 Å². The van der Waals surface area contributed by atoms with Crippen molar-refractivity contribution in [2.45, 2.75) is 32.2 Å². The van der Waals surface area contributed by atoms with E-state index in [0.717, 1.165) is 47.7 Å². The van der Waals surface area contributed by atoms with E-state index in [2.05, 4.69) is 32.2 Å². The largest absolute Gasteiger partial charge is 0.300 e. The van der Waals surface area contributed by atoms with Crippen LogP contribution in [0.2, 0.25) is 0 Å². The highest BCUT2D eigenvalue weighted by Crippen LogP contribution is 2.28. The average Bonchev–Trinajstić information content (AvgIpc) is 3.57. The minimum Gasteiger partial charge on any atom is -0.300 e. The Morgan fingerprint density at radius 2 is 2.16 bits per heavy atom. The van der Waals surface area contributed by atoms with Gasteiger partial charge in [0.2, 0.25) is 0 Å². The van der Waals surface area contributed by atoms with Crippen molar-refractivity contribution >= 4 is 34.6 Å². The van der Waals surface area contributed by atoms with Crippen LogP contribution in [0.15, 0.2) is 48.4 Å². The quantitative estimate of drug-likeness (QED) is 0.318. The molecule has 0 radical (unpaired) electrons. The standard InChI is InChI=1S/C22H21N7OS2/c1-2-11-28-18(25-26-22(28)31)12-14-13-32-21(23-14)24-20(30)19-16-9-6-10-17(16)29(27-19)15-7-4-3-5-8-15/h2-5,7-8,13H,1,6,9-12H2,(H,26,31)(H,23,24,30). The number of fused-ring (bicyclic) bond motifs is 1. The number of para-hydroxylation sites is 1. The second kappa shape index (κ2) is 8.64. The number of hydrogen-bond acceptors (Lipinski definition) is 6. The maximum Gasteiger partial charge on any atom is 0.278 e. The number of H-pyrrole nitrogens is 1. The van der Waals surface area contributed by atoms with Crippen LogP contribution in [0.1, 0.15) is 39.7 Å². The molecule has 0 fully saturated rings. The maximum atomic E-state index is 13.1. The number of anilines is 1. The van der Waals surface area contributed by atoms with Gasteiger partial charge in [0, 0.05) is 23.2 Å². The number of carbonyl (C=O) groups excluding carboxylic acids is 1. The average molecular weight is 464 g/mol. The van der Waals surface area contributed by atoms with Crippen molar-refractivity contribution in [2.24, 2.45) is 0 Å². The Balaban J connectivity index is 1.35. The first-order valence-electron chi connectivity index (χ1n) is 10.3. The van der Waals surface area contributed by atoms with Gasteiger partial charge in [-0.05, 0) is 43.6 Å². The van der Waals surface area contributed by atoms with Gasteiger partial charge >= 0.3 is 0 Å². The zero-order valence-corrected chi connectivity index (χ0v) is 18.9. The Labute approximate surface area is 193 Å². The van der Waals surface area contributed by atoms with E-state index in [9.17, 15) is 4.79 Å². The maximum absolute atomic E-state index is 13.1. The summed E-state index contributed by atoms with van der Waals surface area (Å²) in [6.45, 7) is 4.34. The fourth-order valence-corrected chi connectivity index (χ4v) is 4.90. The lowest BCUT2D eigenvalue weighted by atomic mass is 10.2. The summed E-state index contributed by atoms with van der Waals surface area (Å²) in [5.74, 6) is 0.547. The monoisotopic (exact) mass is 463 g/mol. The third-order valence-corrected chi connectivity index (χ3v) is 6.52. The predicted octanol–water partition coefficient (Wildman–Crippen LogP) is 4.10. The number of aromatic nitrogens is 6. The molecule has 0 saturated heterocycles. The van der Waals surface area contributed by atoms with Gasteiger partial charge in [0.15, 0.2) is 15.6 Å². The number of benzene rings is 1. The molecule has 3 heterocycles. The highest BCUT2D eigenvalue weighted by Gasteiger charge is 2.27. The first-order valence-corrected chi connectivity index (χ1v) is 11.6. The van der Waals surface area contributed by atoms with Crippen molar-refractivity contribution in [1.82, 2.24) is 29.5 Å². The number of aromatic amines is 1. The number of hydrogen-bond donors (Lipinski definition) is 2. The van der Waals surface area contributed by atoms with Crippen molar-refractivity contribution in [1.29, 1.82) is 0 Å². The molecule has 0 aliphatic heterocycles. The Bertz CT molecular complexity index is 1350. The molecule has 8 nitrogen and oxygen atoms in total. The molecule has 4 aromatic rings. The third kappa shape index (κ3) is 3.82. The number of rotatable bonds is 7. The minimum atomic E-state index is -0.229. The third-order valence-electron chi connectivity index (χ3n) is 5.41. The lowest BCUT2D eigenvalue weighted by Gasteiger charge is -2.04. The highest BCUT2D eigenvalue weighted by atomic mass is 32.1. The molecule has 32 heavy (non-hydrogen) atoms. The molecule has 2 N–H and O–H groups in total. The topological polar surface area (TPSA) is 93.4 Å². The summed E-state index contributed by atoms with van der Waals surface area (Å²) in [4.78, 5) is 17.6. The smallest absolute Gasteiger partial charge is 0.278 e. The number of amides is 1. The van der Waals surface area contributed by atoms with Gasteiger partial charge in [0.25, 0.3) is 5.91 Å². The van der Waals surface area contributed by atoms with E-state index >= 15 is 0 Å². The van der Waals surface area contributed by atoms with Crippen molar-refractivity contribution < 1.29 is 4.79 Å². The van der Waals surface area contributed by atoms with E-state index in [1.165, 1.54) is 11.3 Å². The molecule has 1 amide bonds. The summed E-state index contributed by atoms with van der Waals surface area (Å²) in [5.41, 5.74) is 4.40. The van der Waals surface area contributed by atoms with E-state index in [1.54, 1.807) is 6.08 Å². The van der Waals surface area contributed by atoms with Crippen LogP contribution in [0, 0.1) is 4.77 Å². The minimum absolute atomic E-state index is 0.229. The number of allylic oxidation sites excluding steroid dienone is 1. The molecule has 5 rings (SSSR count). The van der Waals surface area contributed by atoms with E-state index in [-0.39, 0.29) is 5.91 Å². The van der Waals surface area contributed by atoms with E-state index in [1.807, 2.05) is 45.0 Å². The summed E-state index contributed by atoms with van der Waals surface area (Å²) >= 11 is 6.64. The Morgan fingerprint density at radius 1 is 1.31 bits per heavy atom. The summed E-state index contributed by atoms with van der Waals surface area (Å²) < 4.78 is 4.32. The number of carbonyl (C=O) groups is 1. The van der Waals surface area contributed by atoms with Crippen molar-refractivity contribution in [3.63, 3.8) is 0 Å². The molecular weight excluding hydrogens is 442 g/mol. The second-order valence-electron chi connectivity index (χ2n) is 7.49. The lowest BCUT2D eigenvalue weighted by Crippen LogP contribution is -2.15. The summed E-state index contributed by atoms with van der Waals surface area (Å²) in [6.07, 6.45) is 5.09. The van der Waals surface area contributed by atoms with Gasteiger partial charge in [-0.15, -0.1) is 17.9 Å². The Hall–Kier alpha value is -3.37. The van der Waals surface area contributed by atoms with E-state index < -0.39 is 0 Å². The van der Waals surface area contributed by atoms with Gasteiger partial charge in [-0.1, -0.05) is 24.3 Å². The summed E-state index contributed by atoms with van der Waals surface area (Å²) in [6, 6.07) is 9.92. The zero-order valence-electron chi connectivity index (χ0n) is 17.2. The van der Waals surface area contributed by atoms with Crippen LogP contribution >= 0.6 is 23.6 Å². The molecule has 1 aliphatic carbocycles. The second-order valence-corrected chi connectivity index (χ2v) is 8.74. The van der Waals surface area contributed by atoms with Gasteiger partial charge in [0.1, 0.15) is 5.82 Å².